The van der Waals surface area contributed by atoms with E-state index in [1.807, 2.05) is 13.8 Å². The van der Waals surface area contributed by atoms with E-state index < -0.39 is 12.2 Å². The van der Waals surface area contributed by atoms with E-state index in [1.54, 1.807) is 12.1 Å². The minimum absolute atomic E-state index is 0.0517. The maximum Gasteiger partial charge on any atom is 0.387 e. The fraction of sp³-hybridized carbons (Fsp3) is 0.632. The average molecular weight is 385 g/mol. The number of nitrogens with one attached hydrogen (secondary N) is 2. The number of ether oxygens (including phenoxy) is 2. The van der Waals surface area contributed by atoms with Gasteiger partial charge in [0.25, 0.3) is 0 Å². The molecule has 6 nitrogen and oxygen atoms in total. The molecule has 0 atom stereocenters. The lowest BCUT2D eigenvalue weighted by molar-refractivity contribution is -0.0505. The summed E-state index contributed by atoms with van der Waals surface area (Å²) in [6.45, 7) is 2.69. The summed E-state index contributed by atoms with van der Waals surface area (Å²) in [7, 11) is 0. The summed E-state index contributed by atoms with van der Waals surface area (Å²) in [6.07, 6.45) is 3.38. The van der Waals surface area contributed by atoms with Gasteiger partial charge >= 0.3 is 6.61 Å². The van der Waals surface area contributed by atoms with E-state index in [0.29, 0.717) is 37.0 Å². The van der Waals surface area contributed by atoms with Gasteiger partial charge in [-0.15, -0.1) is 0 Å². The van der Waals surface area contributed by atoms with Crippen LogP contribution >= 0.6 is 0 Å². The molecule has 0 unspecified atom stereocenters. The highest BCUT2D eigenvalue weighted by atomic mass is 19.3. The molecule has 1 fully saturated rings. The number of halogens is 2. The number of aliphatic imine (C=N–C) groups is 1. The molecule has 0 spiro atoms. The highest BCUT2D eigenvalue weighted by Gasteiger charge is 2.34. The predicted molar refractivity (Wildman–Crippen MR) is 100 cm³/mol. The van der Waals surface area contributed by atoms with Crippen molar-refractivity contribution in [3.05, 3.63) is 23.8 Å². The number of hydrogen-bond acceptors (Lipinski definition) is 4. The molecule has 152 valence electrons. The third kappa shape index (κ3) is 6.86. The van der Waals surface area contributed by atoms with Crippen molar-refractivity contribution in [2.75, 3.05) is 19.7 Å². The number of hydrogen-bond donors (Lipinski definition) is 3. The Labute approximate surface area is 159 Å². The van der Waals surface area contributed by atoms with E-state index in [1.165, 1.54) is 6.07 Å². The second kappa shape index (κ2) is 10.3. The Morgan fingerprint density at radius 2 is 2.07 bits per heavy atom. The van der Waals surface area contributed by atoms with E-state index in [-0.39, 0.29) is 12.3 Å². The Balaban J connectivity index is 2.07. The summed E-state index contributed by atoms with van der Waals surface area (Å²) < 4.78 is 35.6. The Kier molecular flexibility index (Phi) is 8.09. The van der Waals surface area contributed by atoms with Gasteiger partial charge in [-0.05, 0) is 44.7 Å². The van der Waals surface area contributed by atoms with Crippen LogP contribution in [-0.2, 0) is 6.54 Å². The van der Waals surface area contributed by atoms with Crippen molar-refractivity contribution >= 4 is 5.96 Å². The van der Waals surface area contributed by atoms with E-state index in [0.717, 1.165) is 25.7 Å². The van der Waals surface area contributed by atoms with Crippen LogP contribution in [-0.4, -0.2) is 43.0 Å². The normalized spacial score (nSPS) is 16.0. The van der Waals surface area contributed by atoms with Crippen molar-refractivity contribution in [2.45, 2.75) is 58.3 Å². The third-order valence-electron chi connectivity index (χ3n) is 4.35. The molecule has 0 saturated heterocycles. The second-order valence-electron chi connectivity index (χ2n) is 6.62. The van der Waals surface area contributed by atoms with E-state index >= 15 is 0 Å². The highest BCUT2D eigenvalue weighted by Crippen LogP contribution is 2.30. The fourth-order valence-corrected chi connectivity index (χ4v) is 2.70. The summed E-state index contributed by atoms with van der Waals surface area (Å²) >= 11 is 0. The first-order chi connectivity index (χ1) is 13.0. The molecular formula is C19H29F2N3O3. The van der Waals surface area contributed by atoms with E-state index in [2.05, 4.69) is 20.4 Å². The minimum atomic E-state index is -2.92. The van der Waals surface area contributed by atoms with Gasteiger partial charge in [-0.1, -0.05) is 6.92 Å². The molecule has 2 rings (SSSR count). The van der Waals surface area contributed by atoms with Crippen molar-refractivity contribution in [3.8, 4) is 11.5 Å². The van der Waals surface area contributed by atoms with Crippen LogP contribution in [0.1, 0.15) is 45.1 Å². The SMILES string of the molecule is CCCOc1ccc(CN=C(NCC)NCC2(O)CCC2)c(OC(F)F)c1. The number of aliphatic hydroxyl groups is 1. The predicted octanol–water partition coefficient (Wildman–Crippen LogP) is 3.05. The molecule has 1 aromatic carbocycles. The van der Waals surface area contributed by atoms with Crippen LogP contribution < -0.4 is 20.1 Å². The van der Waals surface area contributed by atoms with Crippen LogP contribution in [0.25, 0.3) is 0 Å². The maximum absolute atomic E-state index is 12.7. The van der Waals surface area contributed by atoms with Gasteiger partial charge in [0.15, 0.2) is 5.96 Å². The summed E-state index contributed by atoms with van der Waals surface area (Å²) in [5.74, 6) is 1.06. The first-order valence-electron chi connectivity index (χ1n) is 9.41. The van der Waals surface area contributed by atoms with Crippen molar-refractivity contribution in [3.63, 3.8) is 0 Å². The smallest absolute Gasteiger partial charge is 0.387 e. The number of alkyl halides is 2. The zero-order valence-electron chi connectivity index (χ0n) is 15.9. The molecule has 0 aliphatic heterocycles. The Bertz CT molecular complexity index is 622. The minimum Gasteiger partial charge on any atom is -0.493 e. The van der Waals surface area contributed by atoms with Crippen LogP contribution in [0.4, 0.5) is 8.78 Å². The Hall–Kier alpha value is -2.09. The first kappa shape index (κ1) is 21.2. The van der Waals surface area contributed by atoms with Gasteiger partial charge < -0.3 is 25.2 Å². The van der Waals surface area contributed by atoms with Gasteiger partial charge in [0.2, 0.25) is 0 Å². The van der Waals surface area contributed by atoms with Crippen LogP contribution in [0.15, 0.2) is 23.2 Å². The number of benzene rings is 1. The Morgan fingerprint density at radius 3 is 2.67 bits per heavy atom. The molecule has 1 aliphatic rings. The monoisotopic (exact) mass is 385 g/mol. The number of rotatable bonds is 10. The van der Waals surface area contributed by atoms with Crippen molar-refractivity contribution < 1.29 is 23.4 Å². The summed E-state index contributed by atoms with van der Waals surface area (Å²) in [5.41, 5.74) is -0.156. The topological polar surface area (TPSA) is 75.1 Å². The standard InChI is InChI=1S/C19H29F2N3O3/c1-3-10-26-15-7-6-14(16(11-15)27-17(20)21)12-23-18(22-4-2)24-13-19(25)8-5-9-19/h6-7,11,17,25H,3-5,8-10,12-13H2,1-2H3,(H2,22,23,24). The molecule has 1 aliphatic carbocycles. The van der Waals surface area contributed by atoms with Gasteiger partial charge in [-0.3, -0.25) is 0 Å². The zero-order valence-corrected chi connectivity index (χ0v) is 15.9. The maximum atomic E-state index is 12.7. The molecule has 0 amide bonds. The molecule has 0 bridgehead atoms. The number of nitrogens with zero attached hydrogens (tertiary/aromatic N) is 1. The highest BCUT2D eigenvalue weighted by molar-refractivity contribution is 5.79. The van der Waals surface area contributed by atoms with Gasteiger partial charge in [0.05, 0.1) is 18.8 Å². The molecule has 1 aromatic rings. The third-order valence-corrected chi connectivity index (χ3v) is 4.35. The lowest BCUT2D eigenvalue weighted by Gasteiger charge is -2.37. The first-order valence-corrected chi connectivity index (χ1v) is 9.41. The molecule has 0 radical (unpaired) electrons. The van der Waals surface area contributed by atoms with Crippen molar-refractivity contribution in [1.29, 1.82) is 0 Å². The second-order valence-corrected chi connectivity index (χ2v) is 6.62. The van der Waals surface area contributed by atoms with E-state index in [4.69, 9.17) is 4.74 Å². The largest absolute Gasteiger partial charge is 0.493 e. The van der Waals surface area contributed by atoms with Crippen LogP contribution in [0.2, 0.25) is 0 Å². The Morgan fingerprint density at radius 1 is 1.30 bits per heavy atom. The molecular weight excluding hydrogens is 356 g/mol. The van der Waals surface area contributed by atoms with Gasteiger partial charge in [0.1, 0.15) is 11.5 Å². The van der Waals surface area contributed by atoms with Crippen molar-refractivity contribution in [2.24, 2.45) is 4.99 Å². The zero-order chi connectivity index (χ0) is 19.7. The molecule has 3 N–H and O–H groups in total. The molecule has 27 heavy (non-hydrogen) atoms. The quantitative estimate of drug-likeness (QED) is 0.426. The summed E-state index contributed by atoms with van der Waals surface area (Å²) in [4.78, 5) is 4.42. The van der Waals surface area contributed by atoms with E-state index in [9.17, 15) is 13.9 Å². The lowest BCUT2D eigenvalue weighted by Crippen LogP contribution is -2.50. The number of guanidine groups is 1. The van der Waals surface area contributed by atoms with Gasteiger partial charge in [-0.2, -0.15) is 8.78 Å². The van der Waals surface area contributed by atoms with Crippen LogP contribution in [0.3, 0.4) is 0 Å². The van der Waals surface area contributed by atoms with Crippen molar-refractivity contribution in [1.82, 2.24) is 10.6 Å². The molecule has 0 aromatic heterocycles. The van der Waals surface area contributed by atoms with Crippen LogP contribution in [0, 0.1) is 0 Å². The fourth-order valence-electron chi connectivity index (χ4n) is 2.70. The molecule has 8 heteroatoms. The average Bonchev–Trinajstić information content (AvgIpc) is 2.61. The van der Waals surface area contributed by atoms with Gasteiger partial charge in [0, 0.05) is 24.7 Å². The summed E-state index contributed by atoms with van der Waals surface area (Å²) in [5, 5.41) is 16.4. The molecule has 1 saturated carbocycles. The summed E-state index contributed by atoms with van der Waals surface area (Å²) in [6, 6.07) is 4.86. The molecule has 0 heterocycles. The van der Waals surface area contributed by atoms with Gasteiger partial charge in [-0.25, -0.2) is 4.99 Å². The van der Waals surface area contributed by atoms with Crippen LogP contribution in [0.5, 0.6) is 11.5 Å². The lowest BCUT2D eigenvalue weighted by atomic mass is 9.80.